The van der Waals surface area contributed by atoms with Gasteiger partial charge in [-0.1, -0.05) is 60.7 Å². The molecule has 6 heteroatoms. The minimum absolute atomic E-state index is 0.376. The van der Waals surface area contributed by atoms with Gasteiger partial charge in [0.15, 0.2) is 20.2 Å². The number of fused-ring (bicyclic) bond motifs is 2. The van der Waals surface area contributed by atoms with E-state index >= 15 is 4.57 Å². The van der Waals surface area contributed by atoms with Crippen LogP contribution in [0.3, 0.4) is 0 Å². The molecule has 1 atom stereocenters. The molecule has 3 aromatic rings. The van der Waals surface area contributed by atoms with Gasteiger partial charge in [-0.05, 0) is 52.5 Å². The van der Waals surface area contributed by atoms with Gasteiger partial charge in [0.25, 0.3) is 0 Å². The summed E-state index contributed by atoms with van der Waals surface area (Å²) in [5.74, 6) is 0.458. The lowest BCUT2D eigenvalue weighted by Crippen LogP contribution is -2.44. The molecule has 0 saturated carbocycles. The fourth-order valence-corrected chi connectivity index (χ4v) is 9.12. The van der Waals surface area contributed by atoms with E-state index in [2.05, 4.69) is 59.5 Å². The van der Waals surface area contributed by atoms with Crippen molar-refractivity contribution >= 4 is 46.3 Å². The normalized spacial score (nSPS) is 23.9. The molecule has 0 aromatic heterocycles. The third kappa shape index (κ3) is 3.69. The Labute approximate surface area is 227 Å². The first kappa shape index (κ1) is 23.9. The highest BCUT2D eigenvalue weighted by Gasteiger charge is 2.44. The van der Waals surface area contributed by atoms with Crippen molar-refractivity contribution < 1.29 is 13.5 Å². The molecule has 38 heavy (non-hydrogen) atoms. The molecule has 3 aliphatic heterocycles. The lowest BCUT2D eigenvalue weighted by atomic mass is 9.89. The SMILES string of the molecule is O=P1(c2ccccc2)C2=CC(=[N+]3CC(F)C3)C=CC2=C(c2ccc(CCl)cc2)c2ccc(N3CCC3)cc21. The van der Waals surface area contributed by atoms with Gasteiger partial charge in [0.2, 0.25) is 11.9 Å². The summed E-state index contributed by atoms with van der Waals surface area (Å²) in [7, 11) is -3.23. The van der Waals surface area contributed by atoms with Gasteiger partial charge in [0.05, 0.1) is 0 Å². The lowest BCUT2D eigenvalue weighted by molar-refractivity contribution is -0.599. The summed E-state index contributed by atoms with van der Waals surface area (Å²) in [5.41, 5.74) is 7.22. The smallest absolute Gasteiger partial charge is 0.216 e. The van der Waals surface area contributed by atoms with Crippen LogP contribution in [-0.4, -0.2) is 42.6 Å². The van der Waals surface area contributed by atoms with E-state index in [1.807, 2.05) is 41.0 Å². The van der Waals surface area contributed by atoms with E-state index < -0.39 is 13.3 Å². The van der Waals surface area contributed by atoms with Crippen molar-refractivity contribution in [1.82, 2.24) is 0 Å². The molecule has 0 amide bonds. The number of hydrogen-bond acceptors (Lipinski definition) is 2. The van der Waals surface area contributed by atoms with Crippen molar-refractivity contribution in [2.75, 3.05) is 31.1 Å². The lowest BCUT2D eigenvalue weighted by Gasteiger charge is -2.37. The van der Waals surface area contributed by atoms with Crippen LogP contribution in [0, 0.1) is 0 Å². The average Bonchev–Trinajstić information content (AvgIpc) is 2.91. The van der Waals surface area contributed by atoms with Crippen molar-refractivity contribution in [2.24, 2.45) is 0 Å². The van der Waals surface area contributed by atoms with Gasteiger partial charge >= 0.3 is 0 Å². The van der Waals surface area contributed by atoms with Gasteiger partial charge in [-0.25, -0.2) is 8.97 Å². The van der Waals surface area contributed by atoms with Crippen molar-refractivity contribution in [3.05, 3.63) is 119 Å². The maximum absolute atomic E-state index is 15.6. The molecular weight excluding hydrogens is 514 g/mol. The van der Waals surface area contributed by atoms with Crippen LogP contribution < -0.4 is 15.5 Å². The zero-order valence-corrected chi connectivity index (χ0v) is 22.6. The molecule has 0 radical (unpaired) electrons. The van der Waals surface area contributed by atoms with Crippen LogP contribution in [0.4, 0.5) is 10.1 Å². The number of benzene rings is 3. The molecule has 1 unspecified atom stereocenters. The highest BCUT2D eigenvalue weighted by Crippen LogP contribution is 2.61. The van der Waals surface area contributed by atoms with Crippen LogP contribution in [0.5, 0.6) is 0 Å². The molecule has 2 fully saturated rings. The van der Waals surface area contributed by atoms with Gasteiger partial charge in [0, 0.05) is 52.7 Å². The molecule has 3 nitrogen and oxygen atoms in total. The third-order valence-electron chi connectivity index (χ3n) is 8.12. The number of hydrogen-bond donors (Lipinski definition) is 0. The predicted molar refractivity (Wildman–Crippen MR) is 156 cm³/mol. The molecule has 0 spiro atoms. The number of alkyl halides is 2. The standard InChI is InChI=1S/C32H28ClFN2OP/c33-19-22-7-9-23(10-8-22)32-28-13-11-25(35-15-4-16-35)17-30(28)38(37,27-5-2-1-3-6-27)31-18-26(12-14-29(31)32)36-20-24(34)21-36/h1-3,5-14,17-18,24H,4,15-16,19-21H2/q+1. The second-order valence-electron chi connectivity index (χ2n) is 10.4. The summed E-state index contributed by atoms with van der Waals surface area (Å²) in [6.45, 7) is 2.79. The highest BCUT2D eigenvalue weighted by molar-refractivity contribution is 7.83. The minimum atomic E-state index is -3.23. The number of anilines is 1. The van der Waals surface area contributed by atoms with Crippen LogP contribution in [0.15, 0.2) is 102 Å². The van der Waals surface area contributed by atoms with Crippen molar-refractivity contribution in [3.63, 3.8) is 0 Å². The van der Waals surface area contributed by atoms with Crippen LogP contribution in [0.25, 0.3) is 5.57 Å². The summed E-state index contributed by atoms with van der Waals surface area (Å²) < 4.78 is 31.5. The van der Waals surface area contributed by atoms with Gasteiger partial charge in [-0.2, -0.15) is 0 Å². The number of nitrogens with zero attached hydrogens (tertiary/aromatic N) is 2. The van der Waals surface area contributed by atoms with Crippen LogP contribution in [-0.2, 0) is 10.4 Å². The number of rotatable bonds is 4. The Hall–Kier alpha value is -3.20. The summed E-state index contributed by atoms with van der Waals surface area (Å²) in [5, 5.41) is 2.53. The van der Waals surface area contributed by atoms with Crippen molar-refractivity contribution in [2.45, 2.75) is 18.5 Å². The fraction of sp³-hybridized carbons (Fsp3) is 0.219. The Morgan fingerprint density at radius 1 is 0.974 bits per heavy atom. The third-order valence-corrected chi connectivity index (χ3v) is 11.6. The van der Waals surface area contributed by atoms with Gasteiger partial charge < -0.3 is 9.46 Å². The molecule has 2 saturated heterocycles. The largest absolute Gasteiger partial charge is 0.371 e. The molecule has 3 heterocycles. The molecule has 3 aromatic carbocycles. The molecule has 7 rings (SSSR count). The van der Waals surface area contributed by atoms with E-state index in [0.717, 1.165) is 68.2 Å². The van der Waals surface area contributed by atoms with Crippen molar-refractivity contribution in [3.8, 4) is 0 Å². The Bertz CT molecular complexity index is 1610. The maximum Gasteiger partial charge on any atom is 0.216 e. The van der Waals surface area contributed by atoms with Gasteiger partial charge in [-0.3, -0.25) is 0 Å². The van der Waals surface area contributed by atoms with Crippen LogP contribution >= 0.6 is 18.7 Å². The first-order valence-electron chi connectivity index (χ1n) is 13.2. The highest BCUT2D eigenvalue weighted by atomic mass is 35.5. The number of allylic oxidation sites excluding steroid dienone is 5. The monoisotopic (exact) mass is 541 g/mol. The number of halogens is 2. The first-order valence-corrected chi connectivity index (χ1v) is 15.4. The Morgan fingerprint density at radius 2 is 1.74 bits per heavy atom. The molecule has 0 bridgehead atoms. The van der Waals surface area contributed by atoms with E-state index in [1.54, 1.807) is 0 Å². The van der Waals surface area contributed by atoms with Crippen molar-refractivity contribution in [1.29, 1.82) is 0 Å². The van der Waals surface area contributed by atoms with E-state index in [1.165, 1.54) is 6.42 Å². The van der Waals surface area contributed by atoms with E-state index in [9.17, 15) is 4.39 Å². The second kappa shape index (κ2) is 9.22. The fourth-order valence-electron chi connectivity index (χ4n) is 5.85. The molecule has 1 aliphatic carbocycles. The topological polar surface area (TPSA) is 23.3 Å². The van der Waals surface area contributed by atoms with Crippen LogP contribution in [0.1, 0.15) is 23.1 Å². The quantitative estimate of drug-likeness (QED) is 0.229. The summed E-state index contributed by atoms with van der Waals surface area (Å²) in [6.07, 6.45) is 6.56. The van der Waals surface area contributed by atoms with E-state index in [-0.39, 0.29) is 0 Å². The summed E-state index contributed by atoms with van der Waals surface area (Å²) in [6, 6.07) is 24.7. The molecule has 4 aliphatic rings. The average molecular weight is 542 g/mol. The van der Waals surface area contributed by atoms with E-state index in [4.69, 9.17) is 11.6 Å². The summed E-state index contributed by atoms with van der Waals surface area (Å²) in [4.78, 5) is 2.35. The first-order chi connectivity index (χ1) is 18.6. The predicted octanol–water partition coefficient (Wildman–Crippen LogP) is 6.02. The summed E-state index contributed by atoms with van der Waals surface area (Å²) >= 11 is 6.10. The minimum Gasteiger partial charge on any atom is -0.371 e. The zero-order valence-electron chi connectivity index (χ0n) is 21.0. The molecule has 190 valence electrons. The Balaban J connectivity index is 1.53. The van der Waals surface area contributed by atoms with Gasteiger partial charge in [-0.15, -0.1) is 11.6 Å². The second-order valence-corrected chi connectivity index (χ2v) is 13.4. The zero-order chi connectivity index (χ0) is 25.9. The maximum atomic E-state index is 15.6. The van der Waals surface area contributed by atoms with Crippen LogP contribution in [0.2, 0.25) is 0 Å². The van der Waals surface area contributed by atoms with E-state index in [0.29, 0.717) is 19.0 Å². The van der Waals surface area contributed by atoms with Gasteiger partial charge in [0.1, 0.15) is 0 Å². The Kier molecular flexibility index (Phi) is 5.80. The molecular formula is C32H28ClFN2OP+. The Morgan fingerprint density at radius 3 is 2.39 bits per heavy atom. The molecule has 0 N–H and O–H groups in total.